The van der Waals surface area contributed by atoms with Gasteiger partial charge < -0.3 is 14.5 Å². The van der Waals surface area contributed by atoms with Crippen LogP contribution in [0.15, 0.2) is 65.4 Å². The number of halogens is 1. The smallest absolute Gasteiger partial charge is 0.258 e. The van der Waals surface area contributed by atoms with Crippen molar-refractivity contribution in [2.24, 2.45) is 0 Å². The Balaban J connectivity index is 1.56. The highest BCUT2D eigenvalue weighted by molar-refractivity contribution is 6.30. The highest BCUT2D eigenvalue weighted by atomic mass is 35.5. The molecule has 0 saturated carbocycles. The fourth-order valence-electron chi connectivity index (χ4n) is 2.14. The summed E-state index contributed by atoms with van der Waals surface area (Å²) in [6.07, 6.45) is 3.28. The topological polar surface area (TPSA) is 64.4 Å². The summed E-state index contributed by atoms with van der Waals surface area (Å²) in [7, 11) is 0. The molecule has 2 aromatic heterocycles. The van der Waals surface area contributed by atoms with Crippen LogP contribution in [0, 0.1) is 0 Å². The molecule has 1 N–H and O–H groups in total. The lowest BCUT2D eigenvalue weighted by Crippen LogP contribution is -2.28. The first kappa shape index (κ1) is 16.1. The normalized spacial score (nSPS) is 10.4. The molecule has 2 heterocycles. The van der Waals surface area contributed by atoms with Gasteiger partial charge in [-0.25, -0.2) is 0 Å². The summed E-state index contributed by atoms with van der Waals surface area (Å²) in [5.74, 6) is 1.03. The Morgan fingerprint density at radius 2 is 2.00 bits per heavy atom. The Kier molecular flexibility index (Phi) is 5.13. The second-order valence-electron chi connectivity index (χ2n) is 5.01. The quantitative estimate of drug-likeness (QED) is 0.742. The number of aromatic nitrogens is 1. The van der Waals surface area contributed by atoms with E-state index in [0.717, 1.165) is 5.56 Å². The van der Waals surface area contributed by atoms with Crippen LogP contribution in [0.1, 0.15) is 5.56 Å². The van der Waals surface area contributed by atoms with Crippen molar-refractivity contribution < 1.29 is 13.9 Å². The van der Waals surface area contributed by atoms with Gasteiger partial charge in [-0.2, -0.15) is 0 Å². The maximum atomic E-state index is 11.9. The van der Waals surface area contributed by atoms with E-state index < -0.39 is 0 Å². The molecule has 0 atom stereocenters. The molecule has 0 bridgehead atoms. The third-order valence-electron chi connectivity index (χ3n) is 3.31. The van der Waals surface area contributed by atoms with Gasteiger partial charge in [0, 0.05) is 23.3 Å². The summed E-state index contributed by atoms with van der Waals surface area (Å²) in [5.41, 5.74) is 1.58. The Morgan fingerprint density at radius 1 is 1.17 bits per heavy atom. The number of ether oxygens (including phenoxy) is 1. The molecule has 6 heteroatoms. The molecule has 5 nitrogen and oxygen atoms in total. The number of carbonyl (C=O) groups is 1. The van der Waals surface area contributed by atoms with Crippen LogP contribution in [0.5, 0.6) is 5.75 Å². The van der Waals surface area contributed by atoms with E-state index in [1.165, 1.54) is 0 Å². The lowest BCUT2D eigenvalue weighted by Gasteiger charge is -2.09. The minimum absolute atomic E-state index is 0.0714. The number of nitrogens with zero attached hydrogens (tertiary/aromatic N) is 1. The first-order chi connectivity index (χ1) is 11.7. The van der Waals surface area contributed by atoms with Gasteiger partial charge in [0.1, 0.15) is 11.4 Å². The third-order valence-corrected chi connectivity index (χ3v) is 3.56. The highest BCUT2D eigenvalue weighted by Crippen LogP contribution is 2.21. The number of nitrogens with one attached hydrogen (secondary N) is 1. The maximum Gasteiger partial charge on any atom is 0.258 e. The van der Waals surface area contributed by atoms with Crippen molar-refractivity contribution in [1.82, 2.24) is 10.3 Å². The van der Waals surface area contributed by atoms with Gasteiger partial charge in [-0.05, 0) is 42.5 Å². The monoisotopic (exact) mass is 342 g/mol. The largest absolute Gasteiger partial charge is 0.484 e. The van der Waals surface area contributed by atoms with Gasteiger partial charge in [0.2, 0.25) is 0 Å². The molecule has 24 heavy (non-hydrogen) atoms. The van der Waals surface area contributed by atoms with Crippen molar-refractivity contribution in [1.29, 1.82) is 0 Å². The Hall–Kier alpha value is -2.79. The van der Waals surface area contributed by atoms with E-state index in [1.54, 1.807) is 42.8 Å². The average Bonchev–Trinajstić information content (AvgIpc) is 3.14. The number of furan rings is 1. The molecule has 122 valence electrons. The molecule has 0 aliphatic carbocycles. The van der Waals surface area contributed by atoms with Crippen LogP contribution in [0.2, 0.25) is 5.02 Å². The molecule has 0 aliphatic rings. The predicted molar refractivity (Wildman–Crippen MR) is 90.7 cm³/mol. The molecule has 0 spiro atoms. The van der Waals surface area contributed by atoms with E-state index in [2.05, 4.69) is 10.3 Å². The summed E-state index contributed by atoms with van der Waals surface area (Å²) >= 11 is 5.80. The Morgan fingerprint density at radius 3 is 2.75 bits per heavy atom. The molecule has 3 aromatic rings. The standard InChI is InChI=1S/C18H15ClN2O3/c19-14-5-7-15(8-6-14)24-12-17(22)21-11-13-3-1-9-20-18(13)16-4-2-10-23-16/h1-10H,11-12H2,(H,21,22). The van der Waals surface area contributed by atoms with Crippen LogP contribution in [-0.2, 0) is 11.3 Å². The van der Waals surface area contributed by atoms with E-state index in [4.69, 9.17) is 20.8 Å². The molecule has 1 aromatic carbocycles. The zero-order valence-electron chi connectivity index (χ0n) is 12.7. The Labute approximate surface area is 144 Å². The van der Waals surface area contributed by atoms with Crippen LogP contribution >= 0.6 is 11.6 Å². The molecule has 0 fully saturated rings. The van der Waals surface area contributed by atoms with Crippen molar-refractivity contribution >= 4 is 17.5 Å². The number of rotatable bonds is 6. The van der Waals surface area contributed by atoms with E-state index >= 15 is 0 Å². The molecular weight excluding hydrogens is 328 g/mol. The SMILES string of the molecule is O=C(COc1ccc(Cl)cc1)NCc1cccnc1-c1ccco1. The van der Waals surface area contributed by atoms with E-state index in [9.17, 15) is 4.79 Å². The zero-order valence-corrected chi connectivity index (χ0v) is 13.5. The number of hydrogen-bond donors (Lipinski definition) is 1. The first-order valence-corrected chi connectivity index (χ1v) is 7.73. The van der Waals surface area contributed by atoms with E-state index in [-0.39, 0.29) is 12.5 Å². The number of benzene rings is 1. The summed E-state index contributed by atoms with van der Waals surface area (Å²) in [4.78, 5) is 16.3. The summed E-state index contributed by atoms with van der Waals surface area (Å²) in [6.45, 7) is 0.269. The van der Waals surface area contributed by atoms with E-state index in [0.29, 0.717) is 28.8 Å². The van der Waals surface area contributed by atoms with Crippen molar-refractivity contribution in [3.63, 3.8) is 0 Å². The van der Waals surface area contributed by atoms with Crippen LogP contribution < -0.4 is 10.1 Å². The van der Waals surface area contributed by atoms with Gasteiger partial charge in [0.15, 0.2) is 12.4 Å². The second kappa shape index (κ2) is 7.66. The lowest BCUT2D eigenvalue weighted by atomic mass is 10.1. The van der Waals surface area contributed by atoms with Crippen LogP contribution in [0.3, 0.4) is 0 Å². The molecule has 0 aliphatic heterocycles. The van der Waals surface area contributed by atoms with Crippen molar-refractivity contribution in [2.45, 2.75) is 6.54 Å². The zero-order chi connectivity index (χ0) is 16.8. The molecular formula is C18H15ClN2O3. The summed E-state index contributed by atoms with van der Waals surface area (Å²) in [5, 5.41) is 3.43. The summed E-state index contributed by atoms with van der Waals surface area (Å²) < 4.78 is 10.8. The molecule has 0 saturated heterocycles. The van der Waals surface area contributed by atoms with Gasteiger partial charge in [0.05, 0.1) is 6.26 Å². The van der Waals surface area contributed by atoms with Gasteiger partial charge in [-0.1, -0.05) is 17.7 Å². The van der Waals surface area contributed by atoms with Crippen molar-refractivity contribution in [3.05, 3.63) is 71.6 Å². The first-order valence-electron chi connectivity index (χ1n) is 7.35. The lowest BCUT2D eigenvalue weighted by molar-refractivity contribution is -0.123. The second-order valence-corrected chi connectivity index (χ2v) is 5.44. The number of pyridine rings is 1. The predicted octanol–water partition coefficient (Wildman–Crippen LogP) is 3.69. The molecule has 1 amide bonds. The van der Waals surface area contributed by atoms with Gasteiger partial charge in [0.25, 0.3) is 5.91 Å². The van der Waals surface area contributed by atoms with Gasteiger partial charge in [-0.3, -0.25) is 9.78 Å². The van der Waals surface area contributed by atoms with Crippen molar-refractivity contribution in [2.75, 3.05) is 6.61 Å². The van der Waals surface area contributed by atoms with Gasteiger partial charge in [-0.15, -0.1) is 0 Å². The van der Waals surface area contributed by atoms with Gasteiger partial charge >= 0.3 is 0 Å². The minimum Gasteiger partial charge on any atom is -0.484 e. The van der Waals surface area contributed by atoms with Crippen LogP contribution in [0.25, 0.3) is 11.5 Å². The third kappa shape index (κ3) is 4.14. The van der Waals surface area contributed by atoms with E-state index in [1.807, 2.05) is 18.2 Å². The molecule has 3 rings (SSSR count). The fourth-order valence-corrected chi connectivity index (χ4v) is 2.27. The van der Waals surface area contributed by atoms with Crippen LogP contribution in [-0.4, -0.2) is 17.5 Å². The molecule has 0 radical (unpaired) electrons. The highest BCUT2D eigenvalue weighted by Gasteiger charge is 2.10. The summed E-state index contributed by atoms with van der Waals surface area (Å²) in [6, 6.07) is 14.2. The average molecular weight is 343 g/mol. The molecule has 0 unspecified atom stereocenters. The number of amides is 1. The van der Waals surface area contributed by atoms with Crippen molar-refractivity contribution in [3.8, 4) is 17.2 Å². The maximum absolute atomic E-state index is 11.9. The fraction of sp³-hybridized carbons (Fsp3) is 0.111. The van der Waals surface area contributed by atoms with Crippen LogP contribution in [0.4, 0.5) is 0 Å². The Bertz CT molecular complexity index is 801. The number of hydrogen-bond acceptors (Lipinski definition) is 4. The number of carbonyl (C=O) groups excluding carboxylic acids is 1. The minimum atomic E-state index is -0.223.